The molecule has 2 nitrogen and oxygen atoms in total. The standard InChI is InChI=1S/C8H8O2S/c9-4-2-6-11-7-8-3-1-5-10-8/h1-6H,7H2. The molecule has 3 heteroatoms. The number of allylic oxidation sites excluding steroid dienone is 1. The monoisotopic (exact) mass is 168 g/mol. The van der Waals surface area contributed by atoms with Crippen molar-refractivity contribution in [2.45, 2.75) is 5.75 Å². The van der Waals surface area contributed by atoms with Gasteiger partial charge in [0.15, 0.2) is 0 Å². The predicted molar refractivity (Wildman–Crippen MR) is 45.2 cm³/mol. The molecule has 0 atom stereocenters. The third-order valence-corrected chi connectivity index (χ3v) is 1.86. The molecule has 0 aliphatic heterocycles. The first-order valence-corrected chi connectivity index (χ1v) is 4.22. The fourth-order valence-electron chi connectivity index (χ4n) is 0.613. The first-order chi connectivity index (χ1) is 5.43. The van der Waals surface area contributed by atoms with Gasteiger partial charge in [0.05, 0.1) is 12.0 Å². The molecule has 1 rings (SSSR count). The van der Waals surface area contributed by atoms with E-state index in [1.165, 1.54) is 17.8 Å². The molecule has 0 unspecified atom stereocenters. The summed E-state index contributed by atoms with van der Waals surface area (Å²) in [4.78, 5) is 9.84. The molecule has 0 bridgehead atoms. The van der Waals surface area contributed by atoms with Crippen molar-refractivity contribution in [3.8, 4) is 0 Å². The summed E-state index contributed by atoms with van der Waals surface area (Å²) in [6.45, 7) is 0. The summed E-state index contributed by atoms with van der Waals surface area (Å²) < 4.78 is 5.07. The minimum Gasteiger partial charge on any atom is -0.468 e. The number of hydrogen-bond acceptors (Lipinski definition) is 3. The van der Waals surface area contributed by atoms with E-state index in [1.807, 2.05) is 12.1 Å². The average Bonchev–Trinajstić information content (AvgIpc) is 2.50. The molecule has 0 aromatic carbocycles. The normalized spacial score (nSPS) is 10.5. The lowest BCUT2D eigenvalue weighted by atomic mass is 10.5. The topological polar surface area (TPSA) is 30.2 Å². The highest BCUT2D eigenvalue weighted by atomic mass is 32.2. The van der Waals surface area contributed by atoms with Gasteiger partial charge in [-0.2, -0.15) is 0 Å². The molecule has 0 radical (unpaired) electrons. The van der Waals surface area contributed by atoms with Crippen LogP contribution in [0.2, 0.25) is 0 Å². The van der Waals surface area contributed by atoms with Gasteiger partial charge < -0.3 is 4.42 Å². The predicted octanol–water partition coefficient (Wildman–Crippen LogP) is 2.23. The Morgan fingerprint density at radius 3 is 3.18 bits per heavy atom. The van der Waals surface area contributed by atoms with Crippen molar-refractivity contribution in [1.29, 1.82) is 0 Å². The third kappa shape index (κ3) is 3.09. The number of carbonyl (C=O) groups excluding carboxylic acids is 1. The van der Waals surface area contributed by atoms with E-state index in [0.29, 0.717) is 0 Å². The van der Waals surface area contributed by atoms with Crippen molar-refractivity contribution in [2.24, 2.45) is 0 Å². The summed E-state index contributed by atoms with van der Waals surface area (Å²) in [6.07, 6.45) is 3.86. The zero-order chi connectivity index (χ0) is 7.94. The van der Waals surface area contributed by atoms with Gasteiger partial charge in [0.25, 0.3) is 0 Å². The van der Waals surface area contributed by atoms with Crippen LogP contribution in [0, 0.1) is 0 Å². The van der Waals surface area contributed by atoms with E-state index in [-0.39, 0.29) is 0 Å². The molecule has 0 aliphatic rings. The fourth-order valence-corrected chi connectivity index (χ4v) is 1.21. The van der Waals surface area contributed by atoms with Gasteiger partial charge >= 0.3 is 0 Å². The Labute approximate surface area is 69.3 Å². The van der Waals surface area contributed by atoms with Crippen LogP contribution in [0.3, 0.4) is 0 Å². The quantitative estimate of drug-likeness (QED) is 0.510. The lowest BCUT2D eigenvalue weighted by Gasteiger charge is -1.88. The van der Waals surface area contributed by atoms with Gasteiger partial charge in [-0.25, -0.2) is 0 Å². The van der Waals surface area contributed by atoms with Crippen LogP contribution in [0.1, 0.15) is 5.76 Å². The lowest BCUT2D eigenvalue weighted by molar-refractivity contribution is -0.104. The number of thioether (sulfide) groups is 1. The van der Waals surface area contributed by atoms with Crippen molar-refractivity contribution >= 4 is 18.0 Å². The van der Waals surface area contributed by atoms with Gasteiger partial charge in [-0.3, -0.25) is 4.79 Å². The Morgan fingerprint density at radius 1 is 1.64 bits per heavy atom. The lowest BCUT2D eigenvalue weighted by Crippen LogP contribution is -1.69. The molecule has 0 fully saturated rings. The maximum absolute atomic E-state index is 9.84. The minimum absolute atomic E-state index is 0.759. The largest absolute Gasteiger partial charge is 0.468 e. The number of hydrogen-bond donors (Lipinski definition) is 0. The van der Waals surface area contributed by atoms with Crippen LogP contribution in [-0.2, 0) is 10.5 Å². The van der Waals surface area contributed by atoms with Crippen LogP contribution in [-0.4, -0.2) is 6.29 Å². The third-order valence-electron chi connectivity index (χ3n) is 1.06. The summed E-state index contributed by atoms with van der Waals surface area (Å²) in [6, 6.07) is 3.75. The van der Waals surface area contributed by atoms with Crippen LogP contribution in [0.5, 0.6) is 0 Å². The van der Waals surface area contributed by atoms with Crippen LogP contribution in [0.25, 0.3) is 0 Å². The molecule has 1 aromatic heterocycles. The van der Waals surface area contributed by atoms with Crippen molar-refractivity contribution in [3.05, 3.63) is 35.6 Å². The van der Waals surface area contributed by atoms with Crippen molar-refractivity contribution < 1.29 is 9.21 Å². The number of aldehydes is 1. The maximum atomic E-state index is 9.84. The SMILES string of the molecule is O=CC=CSCc1ccco1. The van der Waals surface area contributed by atoms with Gasteiger partial charge in [-0.1, -0.05) is 0 Å². The summed E-state index contributed by atoms with van der Waals surface area (Å²) in [5, 5.41) is 1.75. The van der Waals surface area contributed by atoms with E-state index >= 15 is 0 Å². The maximum Gasteiger partial charge on any atom is 0.143 e. The second kappa shape index (κ2) is 4.79. The molecular weight excluding hydrogens is 160 g/mol. The second-order valence-electron chi connectivity index (χ2n) is 1.85. The number of carbonyl (C=O) groups is 1. The summed E-state index contributed by atoms with van der Waals surface area (Å²) >= 11 is 1.53. The highest BCUT2D eigenvalue weighted by Crippen LogP contribution is 2.12. The Balaban J connectivity index is 2.23. The molecule has 0 aliphatic carbocycles. The Bertz CT molecular complexity index is 226. The van der Waals surface area contributed by atoms with Crippen molar-refractivity contribution in [3.63, 3.8) is 0 Å². The first kappa shape index (κ1) is 8.14. The van der Waals surface area contributed by atoms with Crippen molar-refractivity contribution in [2.75, 3.05) is 0 Å². The molecule has 0 saturated carbocycles. The summed E-state index contributed by atoms with van der Waals surface area (Å²) in [5.41, 5.74) is 0. The average molecular weight is 168 g/mol. The van der Waals surface area contributed by atoms with Gasteiger partial charge in [0.2, 0.25) is 0 Å². The molecule has 1 heterocycles. The minimum atomic E-state index is 0.759. The Kier molecular flexibility index (Phi) is 3.55. The summed E-state index contributed by atoms with van der Waals surface area (Å²) in [7, 11) is 0. The molecule has 0 saturated heterocycles. The van der Waals surface area contributed by atoms with E-state index < -0.39 is 0 Å². The van der Waals surface area contributed by atoms with E-state index in [1.54, 1.807) is 11.7 Å². The van der Waals surface area contributed by atoms with Gasteiger partial charge in [-0.05, 0) is 23.6 Å². The van der Waals surface area contributed by atoms with E-state index in [4.69, 9.17) is 4.42 Å². The first-order valence-electron chi connectivity index (χ1n) is 3.18. The molecule has 0 spiro atoms. The molecule has 0 amide bonds. The number of rotatable bonds is 4. The zero-order valence-corrected chi connectivity index (χ0v) is 6.71. The van der Waals surface area contributed by atoms with E-state index in [2.05, 4.69) is 0 Å². The zero-order valence-electron chi connectivity index (χ0n) is 5.90. The Hall–Kier alpha value is -0.960. The molecule has 1 aromatic rings. The van der Waals surface area contributed by atoms with Crippen LogP contribution < -0.4 is 0 Å². The highest BCUT2D eigenvalue weighted by Gasteiger charge is 1.91. The molecular formula is C8H8O2S. The van der Waals surface area contributed by atoms with E-state index in [9.17, 15) is 4.79 Å². The Morgan fingerprint density at radius 2 is 2.55 bits per heavy atom. The second-order valence-corrected chi connectivity index (χ2v) is 2.75. The van der Waals surface area contributed by atoms with Gasteiger partial charge in [-0.15, -0.1) is 11.8 Å². The van der Waals surface area contributed by atoms with Crippen LogP contribution >= 0.6 is 11.8 Å². The molecule has 11 heavy (non-hydrogen) atoms. The van der Waals surface area contributed by atoms with Gasteiger partial charge in [0.1, 0.15) is 12.0 Å². The van der Waals surface area contributed by atoms with Crippen LogP contribution in [0.4, 0.5) is 0 Å². The van der Waals surface area contributed by atoms with E-state index in [0.717, 1.165) is 17.8 Å². The van der Waals surface area contributed by atoms with Crippen LogP contribution in [0.15, 0.2) is 34.3 Å². The van der Waals surface area contributed by atoms with Crippen molar-refractivity contribution in [1.82, 2.24) is 0 Å². The highest BCUT2D eigenvalue weighted by molar-refractivity contribution is 8.01. The number of furan rings is 1. The van der Waals surface area contributed by atoms with Gasteiger partial charge in [0, 0.05) is 0 Å². The molecule has 0 N–H and O–H groups in total. The molecule has 58 valence electrons. The summed E-state index contributed by atoms with van der Waals surface area (Å²) in [5.74, 6) is 1.70. The smallest absolute Gasteiger partial charge is 0.143 e. The fraction of sp³-hybridized carbons (Fsp3) is 0.125.